The van der Waals surface area contributed by atoms with E-state index in [-0.39, 0.29) is 12.5 Å². The molecule has 2 heterocycles. The summed E-state index contributed by atoms with van der Waals surface area (Å²) in [5.41, 5.74) is 1.35. The van der Waals surface area contributed by atoms with Crippen LogP contribution in [0.2, 0.25) is 10.0 Å². The van der Waals surface area contributed by atoms with Gasteiger partial charge in [0.1, 0.15) is 6.10 Å². The van der Waals surface area contributed by atoms with Crippen LogP contribution in [0.4, 0.5) is 0 Å². The largest absolute Gasteiger partial charge is 0.493 e. The fraction of sp³-hybridized carbons (Fsp3) is 0.389. The number of rotatable bonds is 6. The zero-order chi connectivity index (χ0) is 17.8. The molecule has 1 saturated heterocycles. The molecule has 2 unspecified atom stereocenters. The van der Waals surface area contributed by atoms with Gasteiger partial charge in [0, 0.05) is 25.2 Å². The number of aromatic nitrogens is 1. The molecule has 0 spiro atoms. The van der Waals surface area contributed by atoms with Crippen molar-refractivity contribution in [3.05, 3.63) is 51.8 Å². The predicted molar refractivity (Wildman–Crippen MR) is 95.8 cm³/mol. The van der Waals surface area contributed by atoms with E-state index < -0.39 is 6.10 Å². The van der Waals surface area contributed by atoms with Crippen LogP contribution in [0.25, 0.3) is 0 Å². The monoisotopic (exact) mass is 383 g/mol. The number of hydrogen-bond donors (Lipinski definition) is 1. The molecule has 1 N–H and O–H groups in total. The molecule has 2 atom stereocenters. The van der Waals surface area contributed by atoms with Crippen molar-refractivity contribution in [2.24, 2.45) is 0 Å². The topological polar surface area (TPSA) is 60.8 Å². The summed E-state index contributed by atoms with van der Waals surface area (Å²) in [6.45, 7) is 1.24. The first-order valence-corrected chi connectivity index (χ1v) is 8.72. The second-order valence-corrected chi connectivity index (χ2v) is 6.63. The van der Waals surface area contributed by atoms with Gasteiger partial charge in [-0.2, -0.15) is 0 Å². The van der Waals surface area contributed by atoms with Gasteiger partial charge in [-0.05, 0) is 23.3 Å². The molecule has 0 bridgehead atoms. The van der Waals surface area contributed by atoms with Gasteiger partial charge >= 0.3 is 0 Å². The first-order chi connectivity index (χ1) is 12.1. The highest BCUT2D eigenvalue weighted by atomic mass is 35.5. The lowest BCUT2D eigenvalue weighted by Gasteiger charge is -2.18. The molecule has 134 valence electrons. The molecule has 0 amide bonds. The fourth-order valence-corrected chi connectivity index (χ4v) is 3.24. The van der Waals surface area contributed by atoms with E-state index in [4.69, 9.17) is 37.4 Å². The number of aliphatic hydroxyl groups is 1. The minimum atomic E-state index is -0.787. The van der Waals surface area contributed by atoms with Crippen molar-refractivity contribution in [1.82, 2.24) is 4.98 Å². The van der Waals surface area contributed by atoms with Gasteiger partial charge in [0.2, 0.25) is 0 Å². The lowest BCUT2D eigenvalue weighted by atomic mass is 10.0. The zero-order valence-corrected chi connectivity index (χ0v) is 15.3. The highest BCUT2D eigenvalue weighted by Crippen LogP contribution is 2.34. The third-order valence-electron chi connectivity index (χ3n) is 4.10. The summed E-state index contributed by atoms with van der Waals surface area (Å²) in [4.78, 5) is 3.92. The highest BCUT2D eigenvalue weighted by Gasteiger charge is 2.21. The summed E-state index contributed by atoms with van der Waals surface area (Å²) >= 11 is 12.3. The molecule has 1 aromatic carbocycles. The molecule has 0 saturated carbocycles. The minimum absolute atomic E-state index is 0.00891. The summed E-state index contributed by atoms with van der Waals surface area (Å²) in [5, 5.41) is 11.5. The van der Waals surface area contributed by atoms with Crippen molar-refractivity contribution in [2.75, 3.05) is 20.3 Å². The van der Waals surface area contributed by atoms with Crippen molar-refractivity contribution < 1.29 is 19.3 Å². The van der Waals surface area contributed by atoms with E-state index in [0.29, 0.717) is 45.9 Å². The van der Waals surface area contributed by atoms with E-state index in [2.05, 4.69) is 4.98 Å². The molecule has 2 aromatic rings. The summed E-state index contributed by atoms with van der Waals surface area (Å²) in [6, 6.07) is 5.36. The van der Waals surface area contributed by atoms with E-state index >= 15 is 0 Å². The highest BCUT2D eigenvalue weighted by molar-refractivity contribution is 6.35. The first kappa shape index (κ1) is 18.3. The maximum Gasteiger partial charge on any atom is 0.162 e. The third-order valence-corrected chi connectivity index (χ3v) is 4.76. The Hall–Kier alpha value is -1.53. The smallest absolute Gasteiger partial charge is 0.162 e. The Morgan fingerprint density at radius 1 is 1.28 bits per heavy atom. The maximum absolute atomic E-state index is 10.6. The van der Waals surface area contributed by atoms with E-state index in [0.717, 1.165) is 6.42 Å². The Labute approximate surface area is 156 Å². The van der Waals surface area contributed by atoms with Gasteiger partial charge in [0.15, 0.2) is 11.5 Å². The number of nitrogens with zero attached hydrogens (tertiary/aromatic N) is 1. The average molecular weight is 384 g/mol. The van der Waals surface area contributed by atoms with Gasteiger partial charge in [0.25, 0.3) is 0 Å². The number of methoxy groups -OCH3 is 1. The van der Waals surface area contributed by atoms with E-state index in [9.17, 15) is 5.11 Å². The summed E-state index contributed by atoms with van der Waals surface area (Å²) in [6.07, 6.45) is 3.34. The fourth-order valence-electron chi connectivity index (χ4n) is 2.72. The number of pyridine rings is 1. The van der Waals surface area contributed by atoms with E-state index in [1.165, 1.54) is 12.4 Å². The van der Waals surface area contributed by atoms with Crippen LogP contribution in [0.3, 0.4) is 0 Å². The summed E-state index contributed by atoms with van der Waals surface area (Å²) in [7, 11) is 1.58. The number of hydrogen-bond acceptors (Lipinski definition) is 5. The van der Waals surface area contributed by atoms with Crippen molar-refractivity contribution in [1.29, 1.82) is 0 Å². The van der Waals surface area contributed by atoms with Gasteiger partial charge in [-0.3, -0.25) is 4.98 Å². The van der Waals surface area contributed by atoms with Crippen LogP contribution in [-0.2, 0) is 11.2 Å². The van der Waals surface area contributed by atoms with Crippen LogP contribution in [0.1, 0.15) is 23.7 Å². The first-order valence-electron chi connectivity index (χ1n) is 7.96. The Bertz CT molecular complexity index is 715. The Kier molecular flexibility index (Phi) is 6.02. The standard InChI is InChI=1S/C18H19Cl2NO4/c1-23-17-3-2-11(6-18(17)25-12-4-5-24-10-12)16(22)7-13-14(19)8-21-9-15(13)20/h2-3,6,8-9,12,16,22H,4-5,7,10H2,1H3. The average Bonchev–Trinajstić information content (AvgIpc) is 3.11. The SMILES string of the molecule is COc1ccc(C(O)Cc2c(Cl)cncc2Cl)cc1OC1CCOC1. The van der Waals surface area contributed by atoms with Crippen LogP contribution in [0.5, 0.6) is 11.5 Å². The van der Waals surface area contributed by atoms with Crippen LogP contribution in [0, 0.1) is 0 Å². The number of halogens is 2. The molecular weight excluding hydrogens is 365 g/mol. The molecule has 1 aromatic heterocycles. The van der Waals surface area contributed by atoms with E-state index in [1.807, 2.05) is 0 Å². The van der Waals surface area contributed by atoms with E-state index in [1.54, 1.807) is 25.3 Å². The predicted octanol–water partition coefficient (Wildman–Crippen LogP) is 3.84. The molecule has 1 aliphatic rings. The molecule has 25 heavy (non-hydrogen) atoms. The molecule has 5 nitrogen and oxygen atoms in total. The van der Waals surface area contributed by atoms with Crippen molar-refractivity contribution in [3.63, 3.8) is 0 Å². The number of benzene rings is 1. The van der Waals surface area contributed by atoms with Gasteiger partial charge in [-0.1, -0.05) is 29.3 Å². The minimum Gasteiger partial charge on any atom is -0.493 e. The summed E-state index contributed by atoms with van der Waals surface area (Å²) in [5.74, 6) is 1.20. The number of aliphatic hydroxyl groups excluding tert-OH is 1. The van der Waals surface area contributed by atoms with Gasteiger partial charge < -0.3 is 19.3 Å². The normalized spacial score (nSPS) is 18.2. The Balaban J connectivity index is 1.81. The van der Waals surface area contributed by atoms with Crippen LogP contribution < -0.4 is 9.47 Å². The van der Waals surface area contributed by atoms with Crippen molar-refractivity contribution in [2.45, 2.75) is 25.0 Å². The Morgan fingerprint density at radius 2 is 2.04 bits per heavy atom. The van der Waals surface area contributed by atoms with Crippen LogP contribution in [0.15, 0.2) is 30.6 Å². The van der Waals surface area contributed by atoms with Gasteiger partial charge in [-0.15, -0.1) is 0 Å². The van der Waals surface area contributed by atoms with Crippen LogP contribution >= 0.6 is 23.2 Å². The molecule has 3 rings (SSSR count). The second-order valence-electron chi connectivity index (χ2n) is 5.82. The molecule has 0 aliphatic carbocycles. The van der Waals surface area contributed by atoms with Gasteiger partial charge in [-0.25, -0.2) is 0 Å². The quantitative estimate of drug-likeness (QED) is 0.820. The van der Waals surface area contributed by atoms with Crippen molar-refractivity contribution in [3.8, 4) is 11.5 Å². The third kappa shape index (κ3) is 4.36. The molecule has 7 heteroatoms. The lowest BCUT2D eigenvalue weighted by Crippen LogP contribution is -2.16. The second kappa shape index (κ2) is 8.23. The van der Waals surface area contributed by atoms with Gasteiger partial charge in [0.05, 0.1) is 36.5 Å². The molecular formula is C18H19Cl2NO4. The zero-order valence-electron chi connectivity index (χ0n) is 13.7. The lowest BCUT2D eigenvalue weighted by molar-refractivity contribution is 0.137. The van der Waals surface area contributed by atoms with Crippen LogP contribution in [-0.4, -0.2) is 36.5 Å². The molecule has 1 aliphatic heterocycles. The molecule has 0 radical (unpaired) electrons. The molecule has 1 fully saturated rings. The maximum atomic E-state index is 10.6. The number of ether oxygens (including phenoxy) is 3. The summed E-state index contributed by atoms with van der Waals surface area (Å²) < 4.78 is 16.6. The van der Waals surface area contributed by atoms with Crippen molar-refractivity contribution >= 4 is 23.2 Å². The Morgan fingerprint density at radius 3 is 2.68 bits per heavy atom.